The first kappa shape index (κ1) is 19.7. The Morgan fingerprint density at radius 3 is 2.52 bits per heavy atom. The van der Waals surface area contributed by atoms with Crippen LogP contribution in [0.2, 0.25) is 0 Å². The Labute approximate surface area is 171 Å². The van der Waals surface area contributed by atoms with Gasteiger partial charge < -0.3 is 14.5 Å². The van der Waals surface area contributed by atoms with Crippen molar-refractivity contribution in [3.05, 3.63) is 52.3 Å². The molecule has 2 aromatic rings. The Balaban J connectivity index is 1.52. The van der Waals surface area contributed by atoms with Crippen LogP contribution in [0.1, 0.15) is 89.0 Å². The van der Waals surface area contributed by atoms with Crippen molar-refractivity contribution in [1.29, 1.82) is 0 Å². The zero-order valence-electron chi connectivity index (χ0n) is 17.3. The molecule has 0 spiro atoms. The Bertz CT molecular complexity index is 890. The van der Waals surface area contributed by atoms with E-state index in [-0.39, 0.29) is 23.8 Å². The molecule has 0 amide bonds. The number of carbonyl (C=O) groups excluding carboxylic acids is 2. The fourth-order valence-corrected chi connectivity index (χ4v) is 4.67. The van der Waals surface area contributed by atoms with Gasteiger partial charge in [-0.15, -0.1) is 0 Å². The first-order valence-corrected chi connectivity index (χ1v) is 10.7. The minimum atomic E-state index is -0.325. The van der Waals surface area contributed by atoms with Crippen molar-refractivity contribution in [3.8, 4) is 5.75 Å². The summed E-state index contributed by atoms with van der Waals surface area (Å²) in [7, 11) is 0. The molecule has 0 aliphatic heterocycles. The lowest BCUT2D eigenvalue weighted by molar-refractivity contribution is 0.0204. The summed E-state index contributed by atoms with van der Waals surface area (Å²) in [6.07, 6.45) is 6.48. The second-order valence-corrected chi connectivity index (χ2v) is 8.17. The molecule has 29 heavy (non-hydrogen) atoms. The van der Waals surface area contributed by atoms with Gasteiger partial charge in [-0.3, -0.25) is 4.79 Å². The van der Waals surface area contributed by atoms with Crippen LogP contribution < -0.4 is 4.74 Å². The highest BCUT2D eigenvalue weighted by molar-refractivity contribution is 6.03. The molecule has 0 saturated heterocycles. The third kappa shape index (κ3) is 4.09. The molecule has 1 saturated carbocycles. The van der Waals surface area contributed by atoms with Crippen LogP contribution in [0.5, 0.6) is 5.75 Å². The van der Waals surface area contributed by atoms with Crippen molar-refractivity contribution in [2.45, 2.75) is 70.8 Å². The summed E-state index contributed by atoms with van der Waals surface area (Å²) in [6.45, 7) is 4.44. The summed E-state index contributed by atoms with van der Waals surface area (Å²) < 4.78 is 11.2. The minimum Gasteiger partial charge on any atom is -0.494 e. The molecule has 5 nitrogen and oxygen atoms in total. The number of hydrogen-bond acceptors (Lipinski definition) is 4. The number of ketones is 1. The van der Waals surface area contributed by atoms with Crippen LogP contribution in [0.4, 0.5) is 0 Å². The average molecular weight is 395 g/mol. The van der Waals surface area contributed by atoms with Crippen molar-refractivity contribution >= 4 is 11.8 Å². The maximum absolute atomic E-state index is 12.9. The van der Waals surface area contributed by atoms with Gasteiger partial charge in [-0.1, -0.05) is 18.6 Å². The van der Waals surface area contributed by atoms with Crippen LogP contribution in [0, 0.1) is 6.92 Å². The van der Waals surface area contributed by atoms with Crippen molar-refractivity contribution in [1.82, 2.24) is 4.98 Å². The summed E-state index contributed by atoms with van der Waals surface area (Å²) in [4.78, 5) is 28.9. The van der Waals surface area contributed by atoms with Crippen LogP contribution in [0.15, 0.2) is 24.3 Å². The first-order chi connectivity index (χ1) is 14.1. The largest absolute Gasteiger partial charge is 0.494 e. The molecular weight excluding hydrogens is 366 g/mol. The number of H-pyrrole nitrogens is 1. The van der Waals surface area contributed by atoms with E-state index in [1.165, 1.54) is 6.42 Å². The van der Waals surface area contributed by atoms with Crippen LogP contribution >= 0.6 is 0 Å². The van der Waals surface area contributed by atoms with Gasteiger partial charge in [0.15, 0.2) is 5.78 Å². The Morgan fingerprint density at radius 1 is 1.10 bits per heavy atom. The van der Waals surface area contributed by atoms with Crippen molar-refractivity contribution in [2.75, 3.05) is 6.61 Å². The molecule has 2 aliphatic rings. The maximum atomic E-state index is 12.9. The van der Waals surface area contributed by atoms with Gasteiger partial charge in [0.25, 0.3) is 0 Å². The van der Waals surface area contributed by atoms with Gasteiger partial charge in [0.1, 0.15) is 17.5 Å². The second kappa shape index (κ2) is 8.44. The molecule has 1 aromatic carbocycles. The lowest BCUT2D eigenvalue weighted by Crippen LogP contribution is -2.21. The number of aromatic amines is 1. The summed E-state index contributed by atoms with van der Waals surface area (Å²) in [5, 5.41) is 0. The fourth-order valence-electron chi connectivity index (χ4n) is 4.67. The number of rotatable bonds is 5. The summed E-state index contributed by atoms with van der Waals surface area (Å²) >= 11 is 0. The van der Waals surface area contributed by atoms with Crippen molar-refractivity contribution in [2.24, 2.45) is 0 Å². The molecule has 1 fully saturated rings. The molecule has 0 radical (unpaired) electrons. The van der Waals surface area contributed by atoms with Gasteiger partial charge in [-0.2, -0.15) is 0 Å². The molecule has 5 heteroatoms. The molecule has 2 aliphatic carbocycles. The van der Waals surface area contributed by atoms with Crippen molar-refractivity contribution in [3.63, 3.8) is 0 Å². The van der Waals surface area contributed by atoms with Gasteiger partial charge >= 0.3 is 5.97 Å². The summed E-state index contributed by atoms with van der Waals surface area (Å²) in [5.41, 5.74) is 3.83. The standard InChI is InChI=1S/C24H29NO4/c1-3-28-18-11-9-16(10-12-18)17-13-20-22(21(26)14-17)15(2)23(25-20)24(27)29-19-7-5-4-6-8-19/h9-12,17,19,25H,3-8,13-14H2,1-2H3/t17-/m0/s1. The van der Waals surface area contributed by atoms with Gasteiger partial charge in [-0.05, 0) is 75.1 Å². The number of esters is 1. The SMILES string of the molecule is CCOc1ccc([C@@H]2CC(=O)c3c([nH]c(C(=O)OC4CCCCC4)c3C)C2)cc1. The third-order valence-electron chi connectivity index (χ3n) is 6.18. The normalized spacial score (nSPS) is 19.7. The predicted octanol–water partition coefficient (Wildman–Crippen LogP) is 5.12. The number of ether oxygens (including phenoxy) is 2. The number of nitrogens with one attached hydrogen (secondary N) is 1. The number of fused-ring (bicyclic) bond motifs is 1. The molecule has 1 heterocycles. The highest BCUT2D eigenvalue weighted by Crippen LogP contribution is 2.36. The van der Waals surface area contributed by atoms with Gasteiger partial charge in [-0.25, -0.2) is 4.79 Å². The van der Waals surface area contributed by atoms with Crippen LogP contribution in [0.3, 0.4) is 0 Å². The molecule has 0 unspecified atom stereocenters. The fraction of sp³-hybridized carbons (Fsp3) is 0.500. The van der Waals surface area contributed by atoms with E-state index in [0.29, 0.717) is 30.7 Å². The Hall–Kier alpha value is -2.56. The lowest BCUT2D eigenvalue weighted by Gasteiger charge is -2.22. The molecule has 154 valence electrons. The van der Waals surface area contributed by atoms with Gasteiger partial charge in [0.05, 0.1) is 6.61 Å². The van der Waals surface area contributed by atoms with E-state index in [9.17, 15) is 9.59 Å². The molecule has 0 bridgehead atoms. The van der Waals surface area contributed by atoms with Gasteiger partial charge in [0.2, 0.25) is 0 Å². The quantitative estimate of drug-likeness (QED) is 0.713. The molecule has 4 rings (SSSR count). The predicted molar refractivity (Wildman–Crippen MR) is 111 cm³/mol. The van der Waals surface area contributed by atoms with Crippen LogP contribution in [-0.4, -0.2) is 29.4 Å². The number of Topliss-reactive ketones (excluding diaryl/α,β-unsaturated/α-hetero) is 1. The molecule has 1 atom stereocenters. The van der Waals surface area contributed by atoms with E-state index >= 15 is 0 Å². The summed E-state index contributed by atoms with van der Waals surface area (Å²) in [5.74, 6) is 0.707. The van der Waals surface area contributed by atoms with E-state index < -0.39 is 0 Å². The molecule has 1 aromatic heterocycles. The van der Waals surface area contributed by atoms with E-state index in [2.05, 4.69) is 4.98 Å². The van der Waals surface area contributed by atoms with E-state index in [1.807, 2.05) is 38.1 Å². The van der Waals surface area contributed by atoms with E-state index in [4.69, 9.17) is 9.47 Å². The first-order valence-electron chi connectivity index (χ1n) is 10.7. The highest BCUT2D eigenvalue weighted by Gasteiger charge is 2.33. The number of aromatic nitrogens is 1. The summed E-state index contributed by atoms with van der Waals surface area (Å²) in [6, 6.07) is 7.96. The zero-order chi connectivity index (χ0) is 20.4. The van der Waals surface area contributed by atoms with E-state index in [0.717, 1.165) is 48.3 Å². The Kier molecular flexibility index (Phi) is 5.74. The van der Waals surface area contributed by atoms with E-state index in [1.54, 1.807) is 0 Å². The van der Waals surface area contributed by atoms with Crippen LogP contribution in [0.25, 0.3) is 0 Å². The number of benzene rings is 1. The average Bonchev–Trinajstić information content (AvgIpc) is 3.06. The van der Waals surface area contributed by atoms with Crippen LogP contribution in [-0.2, 0) is 11.2 Å². The zero-order valence-corrected chi connectivity index (χ0v) is 17.3. The molecule has 1 N–H and O–H groups in total. The third-order valence-corrected chi connectivity index (χ3v) is 6.18. The molecular formula is C24H29NO4. The number of carbonyl (C=O) groups is 2. The highest BCUT2D eigenvalue weighted by atomic mass is 16.5. The number of hydrogen-bond donors (Lipinski definition) is 1. The second-order valence-electron chi connectivity index (χ2n) is 8.17. The topological polar surface area (TPSA) is 68.4 Å². The lowest BCUT2D eigenvalue weighted by atomic mass is 9.81. The monoisotopic (exact) mass is 395 g/mol. The van der Waals surface area contributed by atoms with Gasteiger partial charge in [0, 0.05) is 17.7 Å². The van der Waals surface area contributed by atoms with Crippen molar-refractivity contribution < 1.29 is 19.1 Å². The maximum Gasteiger partial charge on any atom is 0.355 e. The minimum absolute atomic E-state index is 0.00304. The smallest absolute Gasteiger partial charge is 0.355 e. The Morgan fingerprint density at radius 2 is 1.83 bits per heavy atom.